The van der Waals surface area contributed by atoms with Crippen LogP contribution in [0.1, 0.15) is 69.7 Å². The van der Waals surface area contributed by atoms with Gasteiger partial charge in [-0.2, -0.15) is 0 Å². The highest BCUT2D eigenvalue weighted by Gasteiger charge is 2.32. The van der Waals surface area contributed by atoms with Crippen molar-refractivity contribution in [2.75, 3.05) is 13.1 Å². The first kappa shape index (κ1) is 29.5. The summed E-state index contributed by atoms with van der Waals surface area (Å²) in [6.07, 6.45) is 5.05. The zero-order chi connectivity index (χ0) is 31.9. The second-order valence-corrected chi connectivity index (χ2v) is 11.8. The Morgan fingerprint density at radius 2 is 1.41 bits per heavy atom. The summed E-state index contributed by atoms with van der Waals surface area (Å²) in [6.45, 7) is 5.20. The fraction of sp³-hybridized carbons (Fsp3) is 0.235. The molecule has 232 valence electrons. The number of fused-ring (bicyclic) bond motifs is 4. The van der Waals surface area contributed by atoms with Crippen molar-refractivity contribution in [1.29, 1.82) is 0 Å². The number of carbonyl (C=O) groups excluding carboxylic acids is 2. The van der Waals surface area contributed by atoms with Crippen molar-refractivity contribution in [2.24, 2.45) is 0 Å². The lowest BCUT2D eigenvalue weighted by molar-refractivity contribution is 0.0655. The zero-order valence-corrected chi connectivity index (χ0v) is 25.9. The van der Waals surface area contributed by atoms with Crippen LogP contribution in [0.4, 0.5) is 4.39 Å². The van der Waals surface area contributed by atoms with Gasteiger partial charge in [-0.3, -0.25) is 19.6 Å². The van der Waals surface area contributed by atoms with Crippen molar-refractivity contribution in [3.05, 3.63) is 118 Å². The normalized spacial score (nSPS) is 17.3. The molecule has 2 amide bonds. The van der Waals surface area contributed by atoms with Gasteiger partial charge < -0.3 is 19.8 Å². The van der Waals surface area contributed by atoms with Crippen LogP contribution in [0.15, 0.2) is 73.1 Å². The van der Waals surface area contributed by atoms with E-state index in [4.69, 9.17) is 11.6 Å². The molecule has 2 unspecified atom stereocenters. The molecule has 0 aliphatic carbocycles. The molecule has 0 saturated carbocycles. The van der Waals surface area contributed by atoms with E-state index < -0.39 is 5.82 Å². The predicted molar refractivity (Wildman–Crippen MR) is 172 cm³/mol. The predicted octanol–water partition coefficient (Wildman–Crippen LogP) is 6.23. The molecule has 10 nitrogen and oxygen atoms in total. The van der Waals surface area contributed by atoms with E-state index in [1.165, 1.54) is 11.6 Å². The Morgan fingerprint density at radius 3 is 2.15 bits per heavy atom. The molecule has 2 aliphatic rings. The Balaban J connectivity index is 0.000000147. The van der Waals surface area contributed by atoms with Crippen LogP contribution in [0.25, 0.3) is 22.1 Å². The van der Waals surface area contributed by atoms with E-state index in [1.807, 2.05) is 44.2 Å². The van der Waals surface area contributed by atoms with Crippen molar-refractivity contribution in [3.63, 3.8) is 0 Å². The molecule has 2 atom stereocenters. The summed E-state index contributed by atoms with van der Waals surface area (Å²) in [5.74, 6) is -0.286. The van der Waals surface area contributed by atoms with E-state index in [2.05, 4.69) is 36.0 Å². The number of carbonyl (C=O) groups is 2. The van der Waals surface area contributed by atoms with Gasteiger partial charge in [-0.15, -0.1) is 0 Å². The van der Waals surface area contributed by atoms with E-state index >= 15 is 0 Å². The molecule has 4 aromatic heterocycles. The number of H-pyrrole nitrogens is 2. The van der Waals surface area contributed by atoms with Gasteiger partial charge in [-0.1, -0.05) is 35.9 Å². The molecule has 0 spiro atoms. The van der Waals surface area contributed by atoms with Crippen LogP contribution in [0.3, 0.4) is 0 Å². The molecule has 8 rings (SSSR count). The number of para-hydroxylation sites is 2. The number of aromatic nitrogens is 6. The van der Waals surface area contributed by atoms with E-state index in [0.29, 0.717) is 41.4 Å². The monoisotopic (exact) mass is 636 g/mol. The number of aromatic amines is 2. The lowest BCUT2D eigenvalue weighted by atomic mass is 9.98. The lowest BCUT2D eigenvalue weighted by Gasteiger charge is -2.34. The first-order valence-corrected chi connectivity index (χ1v) is 15.5. The zero-order valence-electron chi connectivity index (χ0n) is 25.2. The highest BCUT2D eigenvalue weighted by molar-refractivity contribution is 6.35. The second-order valence-electron chi connectivity index (χ2n) is 11.4. The Morgan fingerprint density at radius 1 is 0.783 bits per heavy atom. The quantitative estimate of drug-likeness (QED) is 0.232. The summed E-state index contributed by atoms with van der Waals surface area (Å²) in [5.41, 5.74) is 6.36. The van der Waals surface area contributed by atoms with Crippen LogP contribution in [0, 0.1) is 5.82 Å². The number of hydrogen-bond donors (Lipinski definition) is 2. The minimum absolute atomic E-state index is 0.0730. The fourth-order valence-electron chi connectivity index (χ4n) is 6.27. The molecular weight excluding hydrogens is 607 g/mol. The number of benzene rings is 2. The number of nitrogens with zero attached hydrogens (tertiary/aromatic N) is 6. The standard InChI is InChI=1S/C17H15ClN4O.C17H15FN4O/c1-10-14-11(4-3-8-19-14)7-9-22(10)17(23)16-20-13-6-2-5-12(18)15(13)21-16;1-10-11-4-3-8-19-13(11)7-9-22(10)17(23)16-20-14-6-2-5-12(18)15(14)21-16/h2*2-6,8,10H,7,9H2,1H3,(H,20,21). The van der Waals surface area contributed by atoms with E-state index in [9.17, 15) is 14.0 Å². The fourth-order valence-corrected chi connectivity index (χ4v) is 6.49. The molecule has 0 fully saturated rings. The van der Waals surface area contributed by atoms with Crippen molar-refractivity contribution < 1.29 is 14.0 Å². The third-order valence-corrected chi connectivity index (χ3v) is 9.00. The van der Waals surface area contributed by atoms with Crippen molar-refractivity contribution in [3.8, 4) is 0 Å². The molecule has 12 heteroatoms. The molecule has 0 radical (unpaired) electrons. The van der Waals surface area contributed by atoms with Crippen LogP contribution in [-0.4, -0.2) is 64.6 Å². The summed E-state index contributed by atoms with van der Waals surface area (Å²) in [7, 11) is 0. The van der Waals surface area contributed by atoms with E-state index in [1.54, 1.807) is 40.4 Å². The van der Waals surface area contributed by atoms with Crippen LogP contribution in [0.2, 0.25) is 5.02 Å². The third-order valence-electron chi connectivity index (χ3n) is 8.70. The number of imidazole rings is 2. The Bertz CT molecular complexity index is 1960. The highest BCUT2D eigenvalue weighted by Crippen LogP contribution is 2.31. The number of amides is 2. The van der Waals surface area contributed by atoms with Crippen molar-refractivity contribution >= 4 is 45.5 Å². The third kappa shape index (κ3) is 5.26. The van der Waals surface area contributed by atoms with Gasteiger partial charge in [-0.25, -0.2) is 14.4 Å². The number of pyridine rings is 2. The van der Waals surface area contributed by atoms with Crippen molar-refractivity contribution in [2.45, 2.75) is 38.8 Å². The molecule has 6 aromatic rings. The van der Waals surface area contributed by atoms with Gasteiger partial charge in [0.1, 0.15) is 11.0 Å². The van der Waals surface area contributed by atoms with Crippen molar-refractivity contribution in [1.82, 2.24) is 39.7 Å². The van der Waals surface area contributed by atoms with E-state index in [-0.39, 0.29) is 35.2 Å². The topological polar surface area (TPSA) is 124 Å². The lowest BCUT2D eigenvalue weighted by Crippen LogP contribution is -2.39. The largest absolute Gasteiger partial charge is 0.334 e. The van der Waals surface area contributed by atoms with Crippen LogP contribution in [-0.2, 0) is 12.8 Å². The molecule has 2 aromatic carbocycles. The summed E-state index contributed by atoms with van der Waals surface area (Å²) in [5, 5.41) is 0.538. The number of nitrogens with one attached hydrogen (secondary N) is 2. The van der Waals surface area contributed by atoms with Crippen LogP contribution < -0.4 is 0 Å². The van der Waals surface area contributed by atoms with Gasteiger partial charge in [0, 0.05) is 37.6 Å². The first-order valence-electron chi connectivity index (χ1n) is 15.1. The smallest absolute Gasteiger partial charge is 0.290 e. The average molecular weight is 637 g/mol. The number of hydrogen-bond acceptors (Lipinski definition) is 6. The number of rotatable bonds is 2. The maximum absolute atomic E-state index is 13.8. The van der Waals surface area contributed by atoms with Gasteiger partial charge in [0.2, 0.25) is 0 Å². The Hall–Kier alpha value is -5.16. The Labute approximate surface area is 268 Å². The van der Waals surface area contributed by atoms with Gasteiger partial charge in [-0.05, 0) is 67.8 Å². The van der Waals surface area contributed by atoms with Gasteiger partial charge in [0.05, 0.1) is 33.8 Å². The minimum Gasteiger partial charge on any atom is -0.334 e. The Kier molecular flexibility index (Phi) is 7.69. The van der Waals surface area contributed by atoms with E-state index in [0.717, 1.165) is 28.9 Å². The SMILES string of the molecule is CC1c2cccnc2CCN1C(=O)c1nc2c(F)cccc2[nH]1.CC1c2ncccc2CCN1C(=O)c1nc2c(Cl)cccc2[nH]1. The average Bonchev–Trinajstić information content (AvgIpc) is 3.72. The van der Waals surface area contributed by atoms with Gasteiger partial charge in [0.15, 0.2) is 17.5 Å². The summed E-state index contributed by atoms with van der Waals surface area (Å²) in [4.78, 5) is 52.5. The first-order chi connectivity index (χ1) is 22.3. The summed E-state index contributed by atoms with van der Waals surface area (Å²) < 4.78 is 13.8. The second kappa shape index (κ2) is 12.0. The van der Waals surface area contributed by atoms with Gasteiger partial charge >= 0.3 is 0 Å². The summed E-state index contributed by atoms with van der Waals surface area (Å²) in [6, 6.07) is 17.8. The van der Waals surface area contributed by atoms with Crippen LogP contribution >= 0.6 is 11.6 Å². The van der Waals surface area contributed by atoms with Gasteiger partial charge in [0.25, 0.3) is 11.8 Å². The maximum Gasteiger partial charge on any atom is 0.290 e. The number of halogens is 2. The molecular formula is C34H30ClFN8O2. The minimum atomic E-state index is -0.431. The molecule has 0 saturated heterocycles. The maximum atomic E-state index is 13.8. The van der Waals surface area contributed by atoms with Crippen LogP contribution in [0.5, 0.6) is 0 Å². The molecule has 6 heterocycles. The summed E-state index contributed by atoms with van der Waals surface area (Å²) >= 11 is 6.14. The molecule has 2 N–H and O–H groups in total. The molecule has 2 aliphatic heterocycles. The molecule has 0 bridgehead atoms. The highest BCUT2D eigenvalue weighted by atomic mass is 35.5. The molecule has 46 heavy (non-hydrogen) atoms.